The van der Waals surface area contributed by atoms with Crippen LogP contribution >= 0.6 is 23.2 Å². The molecule has 5 nitrogen and oxygen atoms in total. The van der Waals surface area contributed by atoms with Crippen molar-refractivity contribution in [2.75, 3.05) is 19.9 Å². The largest absolute Gasteiger partial charge is 0.398 e. The van der Waals surface area contributed by atoms with Crippen molar-refractivity contribution < 1.29 is 13.3 Å². The lowest BCUT2D eigenvalue weighted by Gasteiger charge is -2.16. The van der Waals surface area contributed by atoms with Gasteiger partial charge in [-0.15, -0.1) is 0 Å². The summed E-state index contributed by atoms with van der Waals surface area (Å²) in [5, 5.41) is 0.218. The van der Waals surface area contributed by atoms with Crippen molar-refractivity contribution in [2.24, 2.45) is 0 Å². The second kappa shape index (κ2) is 4.77. The van der Waals surface area contributed by atoms with Crippen LogP contribution in [0.5, 0.6) is 0 Å². The SMILES string of the molecule is CON(C)S(=O)(=O)c1c(N)cc(Cl)cc1Cl. The number of nitrogens with zero attached hydrogens (tertiary/aromatic N) is 1. The fourth-order valence-corrected chi connectivity index (χ4v) is 3.00. The first-order chi connectivity index (χ1) is 7.30. The maximum absolute atomic E-state index is 11.9. The molecule has 0 aliphatic carbocycles. The predicted octanol–water partition coefficient (Wildman–Crippen LogP) is 1.76. The van der Waals surface area contributed by atoms with Crippen LogP contribution in [-0.2, 0) is 14.9 Å². The van der Waals surface area contributed by atoms with Crippen LogP contribution in [0.3, 0.4) is 0 Å². The highest BCUT2D eigenvalue weighted by Gasteiger charge is 2.26. The molecular formula is C8H10Cl2N2O3S. The van der Waals surface area contributed by atoms with Crippen LogP contribution in [0.15, 0.2) is 17.0 Å². The van der Waals surface area contributed by atoms with Crippen LogP contribution in [0, 0.1) is 0 Å². The first-order valence-electron chi connectivity index (χ1n) is 4.08. The highest BCUT2D eigenvalue weighted by Crippen LogP contribution is 2.32. The fraction of sp³-hybridized carbons (Fsp3) is 0.250. The Labute approximate surface area is 104 Å². The lowest BCUT2D eigenvalue weighted by Crippen LogP contribution is -2.26. The van der Waals surface area contributed by atoms with Crippen molar-refractivity contribution in [3.05, 3.63) is 22.2 Å². The Morgan fingerprint density at radius 1 is 1.38 bits per heavy atom. The molecule has 0 radical (unpaired) electrons. The zero-order valence-corrected chi connectivity index (χ0v) is 10.9. The number of hydrogen-bond donors (Lipinski definition) is 1. The van der Waals surface area contributed by atoms with E-state index in [0.29, 0.717) is 4.47 Å². The molecule has 1 aromatic rings. The maximum atomic E-state index is 11.9. The number of sulfonamides is 1. The normalized spacial score (nSPS) is 12.1. The summed E-state index contributed by atoms with van der Waals surface area (Å²) in [5.74, 6) is 0. The van der Waals surface area contributed by atoms with E-state index in [1.165, 1.54) is 26.3 Å². The molecule has 0 atom stereocenters. The minimum absolute atomic E-state index is 0.0265. The quantitative estimate of drug-likeness (QED) is 0.678. The molecule has 0 amide bonds. The summed E-state index contributed by atoms with van der Waals surface area (Å²) >= 11 is 11.5. The molecule has 0 unspecified atom stereocenters. The van der Waals surface area contributed by atoms with Crippen molar-refractivity contribution >= 4 is 38.9 Å². The molecule has 8 heteroatoms. The molecule has 0 fully saturated rings. The Morgan fingerprint density at radius 2 is 1.94 bits per heavy atom. The van der Waals surface area contributed by atoms with Crippen molar-refractivity contribution in [2.45, 2.75) is 4.90 Å². The molecule has 1 rings (SSSR count). The lowest BCUT2D eigenvalue weighted by atomic mass is 10.3. The molecule has 0 aliphatic rings. The molecular weight excluding hydrogens is 275 g/mol. The second-order valence-electron chi connectivity index (χ2n) is 2.90. The van der Waals surface area contributed by atoms with E-state index in [-0.39, 0.29) is 20.6 Å². The third-order valence-corrected chi connectivity index (χ3v) is 4.32. The van der Waals surface area contributed by atoms with E-state index in [4.69, 9.17) is 28.9 Å². The van der Waals surface area contributed by atoms with Gasteiger partial charge in [0.05, 0.1) is 17.8 Å². The standard InChI is InChI=1S/C8H10Cl2N2O3S/c1-12(15-2)16(13,14)8-6(10)3-5(9)4-7(8)11/h3-4H,11H2,1-2H3. The van der Waals surface area contributed by atoms with Crippen LogP contribution in [0.2, 0.25) is 10.0 Å². The highest BCUT2D eigenvalue weighted by atomic mass is 35.5. The van der Waals surface area contributed by atoms with Crippen molar-refractivity contribution in [3.63, 3.8) is 0 Å². The molecule has 0 aliphatic heterocycles. The minimum Gasteiger partial charge on any atom is -0.398 e. The Balaban J connectivity index is 3.45. The van der Waals surface area contributed by atoms with Gasteiger partial charge in [-0.2, -0.15) is 0 Å². The van der Waals surface area contributed by atoms with Gasteiger partial charge in [-0.3, -0.25) is 4.84 Å². The number of nitrogen functional groups attached to an aromatic ring is 1. The summed E-state index contributed by atoms with van der Waals surface area (Å²) in [6.07, 6.45) is 0. The second-order valence-corrected chi connectivity index (χ2v) is 5.62. The average molecular weight is 285 g/mol. The van der Waals surface area contributed by atoms with Gasteiger partial charge < -0.3 is 5.73 Å². The molecule has 90 valence electrons. The van der Waals surface area contributed by atoms with Crippen molar-refractivity contribution in [1.29, 1.82) is 0 Å². The Bertz CT molecular complexity index is 481. The first-order valence-corrected chi connectivity index (χ1v) is 6.28. The summed E-state index contributed by atoms with van der Waals surface area (Å²) in [7, 11) is -1.42. The number of rotatable bonds is 3. The maximum Gasteiger partial charge on any atom is 0.268 e. The Morgan fingerprint density at radius 3 is 2.38 bits per heavy atom. The Kier molecular flexibility index (Phi) is 4.03. The molecule has 0 heterocycles. The number of halogens is 2. The van der Waals surface area contributed by atoms with E-state index in [9.17, 15) is 8.42 Å². The van der Waals surface area contributed by atoms with Crippen LogP contribution in [-0.4, -0.2) is 27.0 Å². The fourth-order valence-electron chi connectivity index (χ4n) is 1.08. The molecule has 0 saturated carbocycles. The molecule has 2 N–H and O–H groups in total. The average Bonchev–Trinajstić information content (AvgIpc) is 2.14. The van der Waals surface area contributed by atoms with Crippen molar-refractivity contribution in [3.8, 4) is 0 Å². The van der Waals surface area contributed by atoms with Gasteiger partial charge in [0.2, 0.25) is 0 Å². The summed E-state index contributed by atoms with van der Waals surface area (Å²) in [6, 6.07) is 2.61. The molecule has 1 aromatic carbocycles. The van der Waals surface area contributed by atoms with E-state index in [1.807, 2.05) is 0 Å². The minimum atomic E-state index is -3.87. The summed E-state index contributed by atoms with van der Waals surface area (Å²) in [5.41, 5.74) is 5.54. The smallest absolute Gasteiger partial charge is 0.268 e. The number of benzene rings is 1. The van der Waals surface area contributed by atoms with E-state index in [1.54, 1.807) is 0 Å². The van der Waals surface area contributed by atoms with Crippen LogP contribution in [0.4, 0.5) is 5.69 Å². The van der Waals surface area contributed by atoms with E-state index in [2.05, 4.69) is 4.84 Å². The number of nitrogens with two attached hydrogens (primary N) is 1. The van der Waals surface area contributed by atoms with Crippen LogP contribution < -0.4 is 5.73 Å². The molecule has 16 heavy (non-hydrogen) atoms. The highest BCUT2D eigenvalue weighted by molar-refractivity contribution is 7.89. The van der Waals surface area contributed by atoms with Crippen LogP contribution in [0.25, 0.3) is 0 Å². The molecule has 0 aromatic heterocycles. The van der Waals surface area contributed by atoms with E-state index in [0.717, 1.165) is 0 Å². The molecule has 0 spiro atoms. The van der Waals surface area contributed by atoms with Gasteiger partial charge in [0.25, 0.3) is 10.0 Å². The van der Waals surface area contributed by atoms with Crippen LogP contribution in [0.1, 0.15) is 0 Å². The van der Waals surface area contributed by atoms with Gasteiger partial charge in [-0.05, 0) is 12.1 Å². The summed E-state index contributed by atoms with van der Waals surface area (Å²) in [4.78, 5) is 4.39. The number of hydrogen-bond acceptors (Lipinski definition) is 4. The van der Waals surface area contributed by atoms with E-state index < -0.39 is 10.0 Å². The van der Waals surface area contributed by atoms with Gasteiger partial charge in [0, 0.05) is 12.1 Å². The Hall–Kier alpha value is -0.530. The van der Waals surface area contributed by atoms with Gasteiger partial charge >= 0.3 is 0 Å². The van der Waals surface area contributed by atoms with Gasteiger partial charge in [0.15, 0.2) is 0 Å². The number of hydroxylamine groups is 1. The summed E-state index contributed by atoms with van der Waals surface area (Å²) < 4.78 is 24.5. The zero-order chi connectivity index (χ0) is 12.5. The monoisotopic (exact) mass is 284 g/mol. The molecule has 0 saturated heterocycles. The first kappa shape index (κ1) is 13.5. The van der Waals surface area contributed by atoms with Crippen molar-refractivity contribution in [1.82, 2.24) is 4.47 Å². The molecule has 0 bridgehead atoms. The topological polar surface area (TPSA) is 72.6 Å². The zero-order valence-electron chi connectivity index (χ0n) is 8.57. The third kappa shape index (κ3) is 2.41. The predicted molar refractivity (Wildman–Crippen MR) is 62.8 cm³/mol. The van der Waals surface area contributed by atoms with Gasteiger partial charge in [-0.1, -0.05) is 27.7 Å². The van der Waals surface area contributed by atoms with E-state index >= 15 is 0 Å². The van der Waals surface area contributed by atoms with Gasteiger partial charge in [0.1, 0.15) is 4.90 Å². The lowest BCUT2D eigenvalue weighted by molar-refractivity contribution is -0.0258. The number of anilines is 1. The summed E-state index contributed by atoms with van der Waals surface area (Å²) in [6.45, 7) is 0. The van der Waals surface area contributed by atoms with Gasteiger partial charge in [-0.25, -0.2) is 8.42 Å². The third-order valence-electron chi connectivity index (χ3n) is 1.89.